The first-order chi connectivity index (χ1) is 10.8. The maximum absolute atomic E-state index is 12.3. The van der Waals surface area contributed by atoms with Crippen LogP contribution in [0.1, 0.15) is 65.2 Å². The van der Waals surface area contributed by atoms with Crippen molar-refractivity contribution in [1.29, 1.82) is 0 Å². The molecule has 23 heavy (non-hydrogen) atoms. The largest absolute Gasteiger partial charge is 0.444 e. The van der Waals surface area contributed by atoms with Gasteiger partial charge in [0, 0.05) is 6.54 Å². The summed E-state index contributed by atoms with van der Waals surface area (Å²) in [7, 11) is 0. The van der Waals surface area contributed by atoms with Crippen molar-refractivity contribution in [3.05, 3.63) is 29.9 Å². The minimum Gasteiger partial charge on any atom is -0.444 e. The molecule has 6 heteroatoms. The van der Waals surface area contributed by atoms with Gasteiger partial charge in [-0.05, 0) is 53.0 Å². The highest BCUT2D eigenvalue weighted by Gasteiger charge is 2.35. The fraction of sp³-hybridized carbons (Fsp3) is 0.588. The molecule has 1 aromatic heterocycles. The zero-order chi connectivity index (χ0) is 17.0. The maximum Gasteiger partial charge on any atom is 0.410 e. The Morgan fingerprint density at radius 2 is 2.17 bits per heavy atom. The van der Waals surface area contributed by atoms with E-state index in [0.29, 0.717) is 12.4 Å². The lowest BCUT2D eigenvalue weighted by Crippen LogP contribution is -2.36. The van der Waals surface area contributed by atoms with Crippen LogP contribution in [0, 0.1) is 0 Å². The Bertz CT molecular complexity index is 610. The van der Waals surface area contributed by atoms with E-state index in [1.807, 2.05) is 52.8 Å². The van der Waals surface area contributed by atoms with E-state index in [9.17, 15) is 4.79 Å². The molecule has 1 N–H and O–H groups in total. The molecule has 0 unspecified atom stereocenters. The van der Waals surface area contributed by atoms with Crippen LogP contribution in [-0.2, 0) is 4.74 Å². The van der Waals surface area contributed by atoms with Gasteiger partial charge in [0.1, 0.15) is 11.4 Å². The van der Waals surface area contributed by atoms with Gasteiger partial charge < -0.3 is 4.74 Å². The van der Waals surface area contributed by atoms with Crippen LogP contribution >= 0.6 is 0 Å². The van der Waals surface area contributed by atoms with Crippen molar-refractivity contribution in [2.75, 3.05) is 6.54 Å². The second-order valence-electron chi connectivity index (χ2n) is 6.75. The van der Waals surface area contributed by atoms with E-state index in [-0.39, 0.29) is 12.1 Å². The van der Waals surface area contributed by atoms with Gasteiger partial charge in [-0.1, -0.05) is 18.2 Å². The van der Waals surface area contributed by atoms with Crippen LogP contribution in [0.25, 0.3) is 5.57 Å². The molecule has 0 bridgehead atoms. The van der Waals surface area contributed by atoms with Crippen molar-refractivity contribution < 1.29 is 9.53 Å². The van der Waals surface area contributed by atoms with E-state index >= 15 is 0 Å². The average Bonchev–Trinajstić information content (AvgIpc) is 3.10. The summed E-state index contributed by atoms with van der Waals surface area (Å²) in [6.45, 7) is 10.2. The predicted octanol–water partition coefficient (Wildman–Crippen LogP) is 3.86. The Hall–Kier alpha value is -2.11. The number of likely N-dealkylation sites (tertiary alicyclic amines) is 1. The van der Waals surface area contributed by atoms with Crippen LogP contribution in [0.2, 0.25) is 0 Å². The zero-order valence-corrected chi connectivity index (χ0v) is 14.6. The Labute approximate surface area is 137 Å². The Morgan fingerprint density at radius 3 is 2.83 bits per heavy atom. The second-order valence-corrected chi connectivity index (χ2v) is 6.75. The molecule has 126 valence electrons. The zero-order valence-electron chi connectivity index (χ0n) is 14.6. The lowest BCUT2D eigenvalue weighted by atomic mass is 10.2. The lowest BCUT2D eigenvalue weighted by Gasteiger charge is -2.27. The number of carbonyl (C=O) groups excluding carboxylic acids is 1. The van der Waals surface area contributed by atoms with Crippen LogP contribution in [-0.4, -0.2) is 38.3 Å². The minimum atomic E-state index is -0.497. The first-order valence-corrected chi connectivity index (χ1v) is 8.03. The molecule has 1 aromatic rings. The molecule has 0 aliphatic carbocycles. The topological polar surface area (TPSA) is 71.1 Å². The second kappa shape index (κ2) is 6.98. The summed E-state index contributed by atoms with van der Waals surface area (Å²) in [5.41, 5.74) is 0.482. The molecule has 6 nitrogen and oxygen atoms in total. The van der Waals surface area contributed by atoms with Crippen LogP contribution < -0.4 is 0 Å². The van der Waals surface area contributed by atoms with E-state index < -0.39 is 5.60 Å². The highest BCUT2D eigenvalue weighted by Crippen LogP contribution is 2.31. The molecule has 0 saturated carbocycles. The summed E-state index contributed by atoms with van der Waals surface area (Å²) < 4.78 is 5.49. The maximum atomic E-state index is 12.3. The number of hydrogen-bond acceptors (Lipinski definition) is 4. The molecule has 1 fully saturated rings. The number of hydrogen-bond donors (Lipinski definition) is 1. The van der Waals surface area contributed by atoms with Gasteiger partial charge in [0.05, 0.1) is 6.04 Å². The number of carbonyl (C=O) groups is 1. The molecule has 2 heterocycles. The van der Waals surface area contributed by atoms with Gasteiger partial charge in [-0.3, -0.25) is 10.00 Å². The minimum absolute atomic E-state index is 0.0967. The Morgan fingerprint density at radius 1 is 1.43 bits per heavy atom. The number of H-pyrrole nitrogens is 1. The molecule has 1 aliphatic rings. The summed E-state index contributed by atoms with van der Waals surface area (Å²) >= 11 is 0. The third-order valence-corrected chi connectivity index (χ3v) is 3.59. The van der Waals surface area contributed by atoms with Crippen molar-refractivity contribution in [3.63, 3.8) is 0 Å². The third kappa shape index (κ3) is 4.43. The van der Waals surface area contributed by atoms with E-state index in [2.05, 4.69) is 15.2 Å². The van der Waals surface area contributed by atoms with Gasteiger partial charge in [-0.25, -0.2) is 9.78 Å². The van der Waals surface area contributed by atoms with E-state index in [1.54, 1.807) is 4.90 Å². The molecule has 1 aliphatic heterocycles. The summed E-state index contributed by atoms with van der Waals surface area (Å²) in [5.74, 6) is 1.38. The highest BCUT2D eigenvalue weighted by molar-refractivity contribution is 5.69. The van der Waals surface area contributed by atoms with Crippen molar-refractivity contribution in [3.8, 4) is 0 Å². The third-order valence-electron chi connectivity index (χ3n) is 3.59. The van der Waals surface area contributed by atoms with Crippen molar-refractivity contribution >= 4 is 11.7 Å². The number of ether oxygens (including phenoxy) is 1. The summed E-state index contributed by atoms with van der Waals surface area (Å²) in [6.07, 6.45) is 7.39. The lowest BCUT2D eigenvalue weighted by molar-refractivity contribution is 0.0218. The molecule has 1 saturated heterocycles. The average molecular weight is 318 g/mol. The fourth-order valence-electron chi connectivity index (χ4n) is 2.50. The molecule has 1 amide bonds. The van der Waals surface area contributed by atoms with Crippen LogP contribution in [0.5, 0.6) is 0 Å². The van der Waals surface area contributed by atoms with Gasteiger partial charge in [0.15, 0.2) is 5.82 Å². The summed E-state index contributed by atoms with van der Waals surface area (Å²) in [4.78, 5) is 18.6. The molecule has 2 rings (SSSR count). The molecular formula is C17H26N4O2. The number of rotatable bonds is 3. The molecule has 0 radical (unpaired) electrons. The number of allylic oxidation sites excluding steroid dienone is 4. The molecule has 1 atom stereocenters. The number of aromatic amines is 1. The number of nitrogens with zero attached hydrogens (tertiary/aromatic N) is 3. The molecule has 0 aromatic carbocycles. The highest BCUT2D eigenvalue weighted by atomic mass is 16.6. The quantitative estimate of drug-likeness (QED) is 0.859. The molecule has 0 spiro atoms. The van der Waals surface area contributed by atoms with E-state index in [0.717, 1.165) is 24.2 Å². The van der Waals surface area contributed by atoms with Gasteiger partial charge in [-0.15, -0.1) is 0 Å². The summed E-state index contributed by atoms with van der Waals surface area (Å²) in [6, 6.07) is -0.0967. The number of nitrogens with one attached hydrogen (secondary N) is 1. The van der Waals surface area contributed by atoms with Crippen LogP contribution in [0.3, 0.4) is 0 Å². The SMILES string of the molecule is C/C=C\C=C(/C)c1n[nH]c([C@@H]2CCCN2C(=O)OC(C)(C)C)n1. The predicted molar refractivity (Wildman–Crippen MR) is 89.8 cm³/mol. The van der Waals surface area contributed by atoms with Crippen molar-refractivity contribution in [2.24, 2.45) is 0 Å². The van der Waals surface area contributed by atoms with E-state index in [1.165, 1.54) is 0 Å². The van der Waals surface area contributed by atoms with E-state index in [4.69, 9.17) is 4.74 Å². The first kappa shape index (κ1) is 17.2. The van der Waals surface area contributed by atoms with Gasteiger partial charge >= 0.3 is 6.09 Å². The normalized spacial score (nSPS) is 19.6. The number of aromatic nitrogens is 3. The summed E-state index contributed by atoms with van der Waals surface area (Å²) in [5, 5.41) is 7.24. The monoisotopic (exact) mass is 318 g/mol. The molecular weight excluding hydrogens is 292 g/mol. The van der Waals surface area contributed by atoms with Gasteiger partial charge in [-0.2, -0.15) is 5.10 Å². The smallest absolute Gasteiger partial charge is 0.410 e. The van der Waals surface area contributed by atoms with Crippen LogP contribution in [0.15, 0.2) is 18.2 Å². The Kier molecular flexibility index (Phi) is 5.23. The van der Waals surface area contributed by atoms with Crippen molar-refractivity contribution in [1.82, 2.24) is 20.1 Å². The standard InChI is InChI=1S/C17H26N4O2/c1-6-7-9-12(2)14-18-15(20-19-14)13-10-8-11-21(13)16(22)23-17(3,4)5/h6-7,9,13H,8,10-11H2,1-5H3,(H,18,19,20)/b7-6-,12-9+/t13-/m0/s1. The number of amides is 1. The van der Waals surface area contributed by atoms with Gasteiger partial charge in [0.25, 0.3) is 0 Å². The van der Waals surface area contributed by atoms with Crippen LogP contribution in [0.4, 0.5) is 4.79 Å². The first-order valence-electron chi connectivity index (χ1n) is 8.03. The van der Waals surface area contributed by atoms with Gasteiger partial charge in [0.2, 0.25) is 0 Å². The fourth-order valence-corrected chi connectivity index (χ4v) is 2.50. The Balaban J connectivity index is 2.14. The van der Waals surface area contributed by atoms with Crippen molar-refractivity contribution in [2.45, 2.75) is 59.1 Å².